The first-order valence-corrected chi connectivity index (χ1v) is 12.4. The van der Waals surface area contributed by atoms with Crippen LogP contribution < -0.4 is 19.5 Å². The number of likely N-dealkylation sites (tertiary alicyclic amines) is 1. The maximum absolute atomic E-state index is 13.7. The van der Waals surface area contributed by atoms with E-state index in [0.29, 0.717) is 14.8 Å². The number of nitrogens with one attached hydrogen (secondary N) is 2. The number of aromatic amines is 2. The molecular weight excluding hydrogens is 505 g/mol. The quantitative estimate of drug-likeness (QED) is 0.380. The first kappa shape index (κ1) is 24.9. The molecule has 192 valence electrons. The number of thiazole rings is 1. The average molecular weight is 529 g/mol. The van der Waals surface area contributed by atoms with E-state index in [4.69, 9.17) is 4.74 Å². The summed E-state index contributed by atoms with van der Waals surface area (Å²) >= 11 is 1.12. The minimum atomic E-state index is -4.63. The van der Waals surface area contributed by atoms with Gasteiger partial charge in [-0.2, -0.15) is 23.4 Å². The van der Waals surface area contributed by atoms with Crippen LogP contribution in [0.3, 0.4) is 0 Å². The van der Waals surface area contributed by atoms with E-state index in [1.54, 1.807) is 24.5 Å². The van der Waals surface area contributed by atoms with Crippen LogP contribution in [0.25, 0.3) is 23.3 Å². The Hall–Kier alpha value is -3.77. The number of fused-ring (bicyclic) bond motifs is 1. The Kier molecular flexibility index (Phi) is 6.94. The largest absolute Gasteiger partial charge is 0.490 e. The summed E-state index contributed by atoms with van der Waals surface area (Å²) in [5.74, 6) is 0.153. The van der Waals surface area contributed by atoms with E-state index in [2.05, 4.69) is 30.1 Å². The Balaban J connectivity index is 1.38. The Morgan fingerprint density at radius 3 is 2.84 bits per heavy atom. The van der Waals surface area contributed by atoms with E-state index in [0.717, 1.165) is 54.3 Å². The normalized spacial score (nSPS) is 16.9. The van der Waals surface area contributed by atoms with Crippen molar-refractivity contribution in [1.29, 1.82) is 0 Å². The van der Waals surface area contributed by atoms with E-state index in [9.17, 15) is 18.0 Å². The number of benzene rings is 1. The maximum atomic E-state index is 13.7. The highest BCUT2D eigenvalue weighted by molar-refractivity contribution is 7.07. The molecule has 1 aromatic carbocycles. The molecular formula is C25H23F3N6O2S. The summed E-state index contributed by atoms with van der Waals surface area (Å²) in [5.41, 5.74) is -0.115. The molecule has 3 aromatic heterocycles. The third-order valence-corrected chi connectivity index (χ3v) is 6.98. The third kappa shape index (κ3) is 5.81. The molecule has 8 nitrogen and oxygen atoms in total. The maximum Gasteiger partial charge on any atom is 0.418 e. The number of rotatable bonds is 5. The van der Waals surface area contributed by atoms with Crippen LogP contribution in [0.1, 0.15) is 24.0 Å². The highest BCUT2D eigenvalue weighted by atomic mass is 32.1. The van der Waals surface area contributed by atoms with Crippen LogP contribution in [-0.2, 0) is 6.18 Å². The highest BCUT2D eigenvalue weighted by Gasteiger charge is 2.34. The molecule has 4 aromatic rings. The standard InChI is InChI=1S/C25H23F3N6O2S/c1-34-9-6-16(7-10-34)36-17-4-5-20(19(12-17)25(26,27)28)33-31-14-22-32-24(35)21(37-22)11-15-13-30-23-18(15)3-2-8-29-23/h2-5,8,11-14,16H,6-7,9-10H2,1H3,(H,29,30)(H,32,35)/b21-11-,22-14-,33-31?. The van der Waals surface area contributed by atoms with Gasteiger partial charge in [0.05, 0.1) is 22.0 Å². The van der Waals surface area contributed by atoms with Gasteiger partial charge < -0.3 is 19.6 Å². The molecule has 0 aliphatic carbocycles. The molecule has 1 fully saturated rings. The summed E-state index contributed by atoms with van der Waals surface area (Å²) in [6, 6.07) is 7.36. The molecule has 0 unspecified atom stereocenters. The number of hydrogen-bond donors (Lipinski definition) is 2. The van der Waals surface area contributed by atoms with Crippen molar-refractivity contribution in [3.8, 4) is 5.75 Å². The summed E-state index contributed by atoms with van der Waals surface area (Å²) in [7, 11) is 2.00. The van der Waals surface area contributed by atoms with Gasteiger partial charge in [-0.25, -0.2) is 4.98 Å². The van der Waals surface area contributed by atoms with Crippen LogP contribution in [0.5, 0.6) is 5.75 Å². The summed E-state index contributed by atoms with van der Waals surface area (Å²) in [6.07, 6.45) is 3.10. The molecule has 2 N–H and O–H groups in total. The lowest BCUT2D eigenvalue weighted by molar-refractivity contribution is -0.137. The van der Waals surface area contributed by atoms with Crippen molar-refractivity contribution in [2.75, 3.05) is 20.1 Å². The van der Waals surface area contributed by atoms with Gasteiger partial charge >= 0.3 is 6.18 Å². The Labute approximate surface area is 212 Å². The highest BCUT2D eigenvalue weighted by Crippen LogP contribution is 2.39. The predicted octanol–water partition coefficient (Wildman–Crippen LogP) is 4.16. The second kappa shape index (κ2) is 10.3. The molecule has 0 spiro atoms. The summed E-state index contributed by atoms with van der Waals surface area (Å²) in [6.45, 7) is 1.67. The van der Waals surface area contributed by atoms with Crippen LogP contribution in [0, 0.1) is 0 Å². The molecule has 12 heteroatoms. The molecule has 1 aliphatic heterocycles. The van der Waals surface area contributed by atoms with Crippen molar-refractivity contribution >= 4 is 40.3 Å². The number of pyridine rings is 1. The molecule has 0 radical (unpaired) electrons. The molecule has 1 saturated heterocycles. The lowest BCUT2D eigenvalue weighted by Crippen LogP contribution is -2.35. The number of alkyl halides is 3. The number of halogens is 3. The lowest BCUT2D eigenvalue weighted by Gasteiger charge is -2.29. The zero-order valence-electron chi connectivity index (χ0n) is 19.7. The number of nitrogens with zero attached hydrogens (tertiary/aromatic N) is 4. The fraction of sp³-hybridized carbons (Fsp3) is 0.280. The van der Waals surface area contributed by atoms with Gasteiger partial charge in [0, 0.05) is 36.4 Å². The van der Waals surface area contributed by atoms with Crippen molar-refractivity contribution in [1.82, 2.24) is 19.9 Å². The van der Waals surface area contributed by atoms with E-state index in [1.807, 2.05) is 13.1 Å². The van der Waals surface area contributed by atoms with Gasteiger partial charge in [-0.15, -0.1) is 11.3 Å². The fourth-order valence-corrected chi connectivity index (χ4v) is 4.91. The Bertz CT molecular complexity index is 1610. The first-order valence-electron chi connectivity index (χ1n) is 11.6. The van der Waals surface area contributed by atoms with Crippen molar-refractivity contribution in [3.63, 3.8) is 0 Å². The zero-order chi connectivity index (χ0) is 26.0. The van der Waals surface area contributed by atoms with Crippen molar-refractivity contribution in [2.45, 2.75) is 25.1 Å². The molecule has 0 saturated carbocycles. The van der Waals surface area contributed by atoms with Gasteiger partial charge in [0.25, 0.3) is 5.56 Å². The van der Waals surface area contributed by atoms with Crippen LogP contribution in [0.4, 0.5) is 18.9 Å². The Morgan fingerprint density at radius 2 is 2.05 bits per heavy atom. The number of hydrogen-bond acceptors (Lipinski definition) is 7. The van der Waals surface area contributed by atoms with Gasteiger partial charge in [-0.1, -0.05) is 0 Å². The van der Waals surface area contributed by atoms with Crippen molar-refractivity contribution < 1.29 is 17.9 Å². The molecule has 0 bridgehead atoms. The van der Waals surface area contributed by atoms with E-state index < -0.39 is 11.7 Å². The summed E-state index contributed by atoms with van der Waals surface area (Å²) in [5, 5.41) is 8.44. The molecule has 1 aliphatic rings. The van der Waals surface area contributed by atoms with Gasteiger partial charge in [-0.3, -0.25) is 4.79 Å². The predicted molar refractivity (Wildman–Crippen MR) is 135 cm³/mol. The van der Waals surface area contributed by atoms with E-state index >= 15 is 0 Å². The third-order valence-electron chi connectivity index (χ3n) is 6.03. The Morgan fingerprint density at radius 1 is 1.24 bits per heavy atom. The van der Waals surface area contributed by atoms with Gasteiger partial charge in [0.15, 0.2) is 0 Å². The van der Waals surface area contributed by atoms with Gasteiger partial charge in [0.1, 0.15) is 22.2 Å². The topological polar surface area (TPSA) is 98.7 Å². The minimum absolute atomic E-state index is 0.125. The fourth-order valence-electron chi connectivity index (χ4n) is 4.10. The summed E-state index contributed by atoms with van der Waals surface area (Å²) < 4.78 is 47.7. The van der Waals surface area contributed by atoms with Crippen molar-refractivity contribution in [2.24, 2.45) is 10.2 Å². The summed E-state index contributed by atoms with van der Waals surface area (Å²) in [4.78, 5) is 24.4. The molecule has 5 rings (SSSR count). The number of H-pyrrole nitrogens is 2. The van der Waals surface area contributed by atoms with Crippen molar-refractivity contribution in [3.05, 3.63) is 73.4 Å². The molecule has 4 heterocycles. The van der Waals surface area contributed by atoms with E-state index in [1.165, 1.54) is 18.3 Å². The zero-order valence-corrected chi connectivity index (χ0v) is 20.6. The first-order chi connectivity index (χ1) is 17.8. The smallest absolute Gasteiger partial charge is 0.418 e. The SMILES string of the molecule is CN1CCC(Oc2ccc(N=N/C=c3/[nH]c(=O)/c(=C/c4c[nH]c5ncccc45)s3)c(C(F)(F)F)c2)CC1. The van der Waals surface area contributed by atoms with Crippen LogP contribution >= 0.6 is 11.3 Å². The minimum Gasteiger partial charge on any atom is -0.490 e. The van der Waals surface area contributed by atoms with Crippen LogP contribution in [0.2, 0.25) is 0 Å². The number of piperidine rings is 1. The monoisotopic (exact) mass is 528 g/mol. The van der Waals surface area contributed by atoms with E-state index in [-0.39, 0.29) is 23.1 Å². The lowest BCUT2D eigenvalue weighted by atomic mass is 10.1. The number of ether oxygens (including phenoxy) is 1. The molecule has 0 atom stereocenters. The number of aromatic nitrogens is 3. The van der Waals surface area contributed by atoms with Crippen LogP contribution in [-0.4, -0.2) is 46.1 Å². The number of azo groups is 1. The van der Waals surface area contributed by atoms with Crippen LogP contribution in [0.15, 0.2) is 57.7 Å². The molecule has 37 heavy (non-hydrogen) atoms. The molecule has 0 amide bonds. The second-order valence-electron chi connectivity index (χ2n) is 8.71. The second-order valence-corrected chi connectivity index (χ2v) is 9.80. The van der Waals surface area contributed by atoms with Gasteiger partial charge in [-0.05, 0) is 56.3 Å². The average Bonchev–Trinajstić information content (AvgIpc) is 3.44. The van der Waals surface area contributed by atoms with Gasteiger partial charge in [0.2, 0.25) is 0 Å².